The van der Waals surface area contributed by atoms with Crippen LogP contribution in [0.15, 0.2) is 30.3 Å². The van der Waals surface area contributed by atoms with Gasteiger partial charge in [0.2, 0.25) is 0 Å². The minimum Gasteiger partial charge on any atom is -0.309 e. The number of nitrogens with one attached hydrogen (secondary N) is 1. The second-order valence-electron chi connectivity index (χ2n) is 5.10. The lowest BCUT2D eigenvalue weighted by Crippen LogP contribution is -2.21. The van der Waals surface area contributed by atoms with E-state index >= 15 is 0 Å². The highest BCUT2D eigenvalue weighted by Crippen LogP contribution is 2.39. The maximum atomic E-state index is 6.32. The van der Waals surface area contributed by atoms with Gasteiger partial charge in [0.1, 0.15) is 0 Å². The van der Waals surface area contributed by atoms with E-state index in [9.17, 15) is 0 Å². The Morgan fingerprint density at radius 1 is 1.10 bits per heavy atom. The van der Waals surface area contributed by atoms with E-state index in [1.165, 1.54) is 16.2 Å². The van der Waals surface area contributed by atoms with E-state index in [0.29, 0.717) is 16.1 Å². The van der Waals surface area contributed by atoms with Crippen molar-refractivity contribution in [1.29, 1.82) is 0 Å². The summed E-state index contributed by atoms with van der Waals surface area (Å²) in [6.07, 6.45) is 3.48. The fourth-order valence-electron chi connectivity index (χ4n) is 2.33. The highest BCUT2D eigenvalue weighted by atomic mass is 35.5. The van der Waals surface area contributed by atoms with Crippen molar-refractivity contribution in [2.45, 2.75) is 39.2 Å². The number of thiophene rings is 1. The molecule has 114 valence electrons. The Labute approximate surface area is 141 Å². The molecule has 0 amide bonds. The Hall–Kier alpha value is -0.540. The summed E-state index contributed by atoms with van der Waals surface area (Å²) in [6.45, 7) is 5.47. The molecule has 1 aromatic heterocycles. The van der Waals surface area contributed by atoms with Crippen LogP contribution < -0.4 is 5.32 Å². The molecule has 0 radical (unpaired) electrons. The Balaban J connectivity index is 2.25. The summed E-state index contributed by atoms with van der Waals surface area (Å²) in [6, 6.07) is 10.6. The largest absolute Gasteiger partial charge is 0.309 e. The number of halogens is 2. The normalized spacial score (nSPS) is 12.6. The van der Waals surface area contributed by atoms with Crippen molar-refractivity contribution in [1.82, 2.24) is 5.32 Å². The highest BCUT2D eigenvalue weighted by molar-refractivity contribution is 7.15. The topological polar surface area (TPSA) is 12.0 Å². The maximum absolute atomic E-state index is 6.32. The van der Waals surface area contributed by atoms with Crippen molar-refractivity contribution >= 4 is 34.5 Å². The zero-order valence-electron chi connectivity index (χ0n) is 12.5. The van der Waals surface area contributed by atoms with Gasteiger partial charge in [-0.25, -0.2) is 0 Å². The van der Waals surface area contributed by atoms with Gasteiger partial charge in [0.25, 0.3) is 0 Å². The van der Waals surface area contributed by atoms with Crippen LogP contribution in [0, 0.1) is 0 Å². The number of benzene rings is 1. The van der Waals surface area contributed by atoms with Gasteiger partial charge in [-0.05, 0) is 37.6 Å². The molecule has 2 aromatic rings. The monoisotopic (exact) mass is 341 g/mol. The molecular weight excluding hydrogens is 321 g/mol. The summed E-state index contributed by atoms with van der Waals surface area (Å²) >= 11 is 14.2. The predicted octanol–water partition coefficient (Wildman–Crippen LogP) is 6.56. The van der Waals surface area contributed by atoms with Gasteiger partial charge < -0.3 is 5.32 Å². The van der Waals surface area contributed by atoms with Crippen LogP contribution in [0.4, 0.5) is 0 Å². The standard InChI is InChI=1S/C17H21Cl2NS/c1-3-6-14(20-11-4-2)16-10-9-15(21-16)12-7-5-8-13(18)17(12)19/h5,7-10,14,20H,3-4,6,11H2,1-2H3. The molecule has 1 heterocycles. The predicted molar refractivity (Wildman–Crippen MR) is 95.7 cm³/mol. The van der Waals surface area contributed by atoms with Crippen molar-refractivity contribution in [3.63, 3.8) is 0 Å². The summed E-state index contributed by atoms with van der Waals surface area (Å²) < 4.78 is 0. The summed E-state index contributed by atoms with van der Waals surface area (Å²) in [5, 5.41) is 4.88. The fraction of sp³-hybridized carbons (Fsp3) is 0.412. The average Bonchev–Trinajstić information content (AvgIpc) is 2.96. The molecule has 0 saturated heterocycles. The summed E-state index contributed by atoms with van der Waals surface area (Å²) in [5.41, 5.74) is 1.02. The quantitative estimate of drug-likeness (QED) is 0.600. The first kappa shape index (κ1) is 16.8. The molecule has 0 aliphatic carbocycles. The molecule has 1 aromatic carbocycles. The first-order chi connectivity index (χ1) is 10.2. The lowest BCUT2D eigenvalue weighted by Gasteiger charge is -2.16. The molecule has 2 rings (SSSR count). The molecule has 1 atom stereocenters. The summed E-state index contributed by atoms with van der Waals surface area (Å²) in [5.74, 6) is 0. The Kier molecular flexibility index (Phi) is 6.56. The third kappa shape index (κ3) is 4.23. The van der Waals surface area contributed by atoms with Gasteiger partial charge in [0, 0.05) is 21.4 Å². The molecule has 1 nitrogen and oxygen atoms in total. The zero-order valence-corrected chi connectivity index (χ0v) is 14.8. The van der Waals surface area contributed by atoms with E-state index in [-0.39, 0.29) is 0 Å². The Bertz CT molecular complexity index is 580. The van der Waals surface area contributed by atoms with Gasteiger partial charge in [0.15, 0.2) is 0 Å². The fourth-order valence-corrected chi connectivity index (χ4v) is 3.94. The number of hydrogen-bond acceptors (Lipinski definition) is 2. The molecule has 0 saturated carbocycles. The van der Waals surface area contributed by atoms with Crippen LogP contribution in [0.5, 0.6) is 0 Å². The third-order valence-electron chi connectivity index (χ3n) is 3.41. The Morgan fingerprint density at radius 2 is 1.90 bits per heavy atom. The third-order valence-corrected chi connectivity index (χ3v) is 5.46. The van der Waals surface area contributed by atoms with Crippen LogP contribution in [0.1, 0.15) is 44.0 Å². The van der Waals surface area contributed by atoms with Gasteiger partial charge in [0.05, 0.1) is 10.0 Å². The molecule has 21 heavy (non-hydrogen) atoms. The Morgan fingerprint density at radius 3 is 2.62 bits per heavy atom. The van der Waals surface area contributed by atoms with Crippen LogP contribution in [-0.2, 0) is 0 Å². The first-order valence-corrected chi connectivity index (χ1v) is 9.02. The van der Waals surface area contributed by atoms with E-state index in [0.717, 1.165) is 24.9 Å². The minimum absolute atomic E-state index is 0.437. The molecular formula is C17H21Cl2NS. The van der Waals surface area contributed by atoms with Crippen LogP contribution in [0.25, 0.3) is 10.4 Å². The van der Waals surface area contributed by atoms with Crippen LogP contribution in [-0.4, -0.2) is 6.54 Å². The van der Waals surface area contributed by atoms with Gasteiger partial charge in [-0.15, -0.1) is 11.3 Å². The van der Waals surface area contributed by atoms with Crippen molar-refractivity contribution in [2.75, 3.05) is 6.54 Å². The second kappa shape index (κ2) is 8.19. The molecule has 0 aliphatic heterocycles. The van der Waals surface area contributed by atoms with E-state index < -0.39 is 0 Å². The molecule has 0 fully saturated rings. The van der Waals surface area contributed by atoms with Crippen LogP contribution in [0.3, 0.4) is 0 Å². The van der Waals surface area contributed by atoms with Crippen molar-refractivity contribution < 1.29 is 0 Å². The van der Waals surface area contributed by atoms with E-state index in [4.69, 9.17) is 23.2 Å². The van der Waals surface area contributed by atoms with Gasteiger partial charge in [-0.1, -0.05) is 55.6 Å². The van der Waals surface area contributed by atoms with Crippen LogP contribution in [0.2, 0.25) is 10.0 Å². The van der Waals surface area contributed by atoms with Crippen LogP contribution >= 0.6 is 34.5 Å². The highest BCUT2D eigenvalue weighted by Gasteiger charge is 2.14. The van der Waals surface area contributed by atoms with E-state index in [1.54, 1.807) is 11.3 Å². The molecule has 1 N–H and O–H groups in total. The summed E-state index contributed by atoms with van der Waals surface area (Å²) in [7, 11) is 0. The number of rotatable bonds is 7. The first-order valence-electron chi connectivity index (χ1n) is 7.44. The lowest BCUT2D eigenvalue weighted by molar-refractivity contribution is 0.501. The van der Waals surface area contributed by atoms with Crippen molar-refractivity contribution in [2.24, 2.45) is 0 Å². The lowest BCUT2D eigenvalue weighted by atomic mass is 10.1. The molecule has 0 bridgehead atoms. The maximum Gasteiger partial charge on any atom is 0.0678 e. The molecule has 4 heteroatoms. The van der Waals surface area contributed by atoms with E-state index in [1.807, 2.05) is 18.2 Å². The van der Waals surface area contributed by atoms with Gasteiger partial charge in [-0.3, -0.25) is 0 Å². The van der Waals surface area contributed by atoms with Crippen molar-refractivity contribution in [3.8, 4) is 10.4 Å². The smallest absolute Gasteiger partial charge is 0.0678 e. The molecule has 0 aliphatic rings. The average molecular weight is 342 g/mol. The zero-order chi connectivity index (χ0) is 15.2. The van der Waals surface area contributed by atoms with E-state index in [2.05, 4.69) is 31.3 Å². The second-order valence-corrected chi connectivity index (χ2v) is 7.00. The summed E-state index contributed by atoms with van der Waals surface area (Å²) in [4.78, 5) is 2.55. The van der Waals surface area contributed by atoms with Gasteiger partial charge >= 0.3 is 0 Å². The van der Waals surface area contributed by atoms with Gasteiger partial charge in [-0.2, -0.15) is 0 Å². The molecule has 0 spiro atoms. The SMILES string of the molecule is CCCNC(CCC)c1ccc(-c2cccc(Cl)c2Cl)s1. The van der Waals surface area contributed by atoms with Crippen molar-refractivity contribution in [3.05, 3.63) is 45.3 Å². The minimum atomic E-state index is 0.437. The number of hydrogen-bond donors (Lipinski definition) is 1. The molecule has 1 unspecified atom stereocenters.